The van der Waals surface area contributed by atoms with E-state index in [-0.39, 0.29) is 0 Å². The summed E-state index contributed by atoms with van der Waals surface area (Å²) in [6, 6.07) is 0. The van der Waals surface area contributed by atoms with Gasteiger partial charge in [-0.3, -0.25) is 4.90 Å². The third-order valence-corrected chi connectivity index (χ3v) is 1.34. The molecule has 4 heteroatoms. The van der Waals surface area contributed by atoms with Gasteiger partial charge in [-0.25, -0.2) is 0 Å². The fraction of sp³-hybridized carbons (Fsp3) is 1.00. The molecule has 12 heavy (non-hydrogen) atoms. The molecule has 0 fully saturated rings. The maximum absolute atomic E-state index is 5.37. The lowest BCUT2D eigenvalue weighted by atomic mass is 10.4. The molecule has 0 rings (SSSR count). The lowest BCUT2D eigenvalue weighted by Gasteiger charge is -2.18. The van der Waals surface area contributed by atoms with Gasteiger partial charge in [-0.05, 0) is 0 Å². The lowest BCUT2D eigenvalue weighted by Crippen LogP contribution is -2.37. The first-order valence-corrected chi connectivity index (χ1v) is 4.67. The molecule has 0 atom stereocenters. The van der Waals surface area contributed by atoms with Gasteiger partial charge in [0.1, 0.15) is 0 Å². The van der Waals surface area contributed by atoms with E-state index in [4.69, 9.17) is 17.2 Å². The van der Waals surface area contributed by atoms with Crippen molar-refractivity contribution in [3.8, 4) is 0 Å². The summed E-state index contributed by atoms with van der Waals surface area (Å²) in [6.07, 6.45) is 0. The molecule has 0 aromatic carbocycles. The van der Waals surface area contributed by atoms with Crippen LogP contribution < -0.4 is 17.2 Å². The Morgan fingerprint density at radius 3 is 1.17 bits per heavy atom. The zero-order chi connectivity index (χ0) is 9.82. The van der Waals surface area contributed by atoms with Crippen molar-refractivity contribution >= 4 is 0 Å². The maximum Gasteiger partial charge on any atom is 0.0106 e. The van der Waals surface area contributed by atoms with E-state index in [0.717, 1.165) is 19.6 Å². The van der Waals surface area contributed by atoms with Gasteiger partial charge in [-0.15, -0.1) is 0 Å². The standard InChI is InChI=1S/C6H18N4.C2H6/c7-1-4-10(5-2-8)6-3-9;1-2/h1-9H2;1-2H3. The van der Waals surface area contributed by atoms with E-state index in [0.29, 0.717) is 19.6 Å². The molecule has 0 spiro atoms. The predicted molar refractivity (Wildman–Crippen MR) is 55.0 cm³/mol. The topological polar surface area (TPSA) is 81.3 Å². The van der Waals surface area contributed by atoms with Gasteiger partial charge in [0.15, 0.2) is 0 Å². The number of nitrogens with two attached hydrogens (primary N) is 3. The summed E-state index contributed by atoms with van der Waals surface area (Å²) < 4.78 is 0. The van der Waals surface area contributed by atoms with E-state index in [1.165, 1.54) is 0 Å². The monoisotopic (exact) mass is 176 g/mol. The number of nitrogens with zero attached hydrogens (tertiary/aromatic N) is 1. The van der Waals surface area contributed by atoms with Crippen molar-refractivity contribution in [2.45, 2.75) is 13.8 Å². The molecule has 0 radical (unpaired) electrons. The van der Waals surface area contributed by atoms with E-state index in [1.807, 2.05) is 13.8 Å². The van der Waals surface area contributed by atoms with Crippen LogP contribution in [0, 0.1) is 0 Å². The zero-order valence-corrected chi connectivity index (χ0v) is 8.42. The van der Waals surface area contributed by atoms with Crippen molar-refractivity contribution in [2.24, 2.45) is 17.2 Å². The molecular weight excluding hydrogens is 152 g/mol. The first-order valence-electron chi connectivity index (χ1n) is 4.67. The largest absolute Gasteiger partial charge is 0.329 e. The van der Waals surface area contributed by atoms with E-state index >= 15 is 0 Å². The number of rotatable bonds is 6. The van der Waals surface area contributed by atoms with E-state index < -0.39 is 0 Å². The van der Waals surface area contributed by atoms with Crippen LogP contribution in [-0.4, -0.2) is 44.2 Å². The van der Waals surface area contributed by atoms with Crippen molar-refractivity contribution in [2.75, 3.05) is 39.3 Å². The Morgan fingerprint density at radius 2 is 1.00 bits per heavy atom. The van der Waals surface area contributed by atoms with Crippen molar-refractivity contribution in [1.29, 1.82) is 0 Å². The molecular formula is C8H24N4. The molecule has 0 aliphatic rings. The van der Waals surface area contributed by atoms with Crippen LogP contribution in [0.15, 0.2) is 0 Å². The summed E-state index contributed by atoms with van der Waals surface area (Å²) in [4.78, 5) is 2.17. The highest BCUT2D eigenvalue weighted by molar-refractivity contribution is 4.58. The molecule has 0 bridgehead atoms. The minimum atomic E-state index is 0.681. The molecule has 0 aromatic rings. The van der Waals surface area contributed by atoms with Crippen molar-refractivity contribution in [3.63, 3.8) is 0 Å². The summed E-state index contributed by atoms with van der Waals surface area (Å²) in [5.74, 6) is 0. The fourth-order valence-electron chi connectivity index (χ4n) is 0.883. The molecule has 76 valence electrons. The van der Waals surface area contributed by atoms with Crippen LogP contribution in [0.2, 0.25) is 0 Å². The van der Waals surface area contributed by atoms with Crippen molar-refractivity contribution in [1.82, 2.24) is 4.90 Å². The van der Waals surface area contributed by atoms with Gasteiger partial charge >= 0.3 is 0 Å². The van der Waals surface area contributed by atoms with Crippen LogP contribution in [-0.2, 0) is 0 Å². The Labute approximate surface area is 76.1 Å². The first kappa shape index (κ1) is 14.4. The molecule has 0 aliphatic heterocycles. The van der Waals surface area contributed by atoms with Gasteiger partial charge in [-0.1, -0.05) is 13.8 Å². The van der Waals surface area contributed by atoms with Crippen LogP contribution in [0.4, 0.5) is 0 Å². The molecule has 0 saturated heterocycles. The molecule has 0 amide bonds. The SMILES string of the molecule is CC.NCCN(CCN)CCN. The van der Waals surface area contributed by atoms with Crippen LogP contribution in [0.5, 0.6) is 0 Å². The summed E-state index contributed by atoms with van der Waals surface area (Å²) in [6.45, 7) is 8.73. The zero-order valence-electron chi connectivity index (χ0n) is 8.42. The number of hydrogen-bond acceptors (Lipinski definition) is 4. The molecule has 0 aliphatic carbocycles. The van der Waals surface area contributed by atoms with Gasteiger partial charge in [0, 0.05) is 39.3 Å². The first-order chi connectivity index (χ1) is 5.85. The van der Waals surface area contributed by atoms with E-state index in [2.05, 4.69) is 4.90 Å². The maximum atomic E-state index is 5.37. The highest BCUT2D eigenvalue weighted by Gasteiger charge is 1.98. The summed E-state index contributed by atoms with van der Waals surface area (Å²) in [5.41, 5.74) is 16.1. The summed E-state index contributed by atoms with van der Waals surface area (Å²) >= 11 is 0. The van der Waals surface area contributed by atoms with Crippen molar-refractivity contribution < 1.29 is 0 Å². The second-order valence-electron chi connectivity index (χ2n) is 2.21. The minimum absolute atomic E-state index is 0.681. The van der Waals surface area contributed by atoms with Gasteiger partial charge in [0.2, 0.25) is 0 Å². The molecule has 4 nitrogen and oxygen atoms in total. The Balaban J connectivity index is 0. The quantitative estimate of drug-likeness (QED) is 0.494. The fourth-order valence-corrected chi connectivity index (χ4v) is 0.883. The van der Waals surface area contributed by atoms with Gasteiger partial charge in [-0.2, -0.15) is 0 Å². The van der Waals surface area contributed by atoms with Crippen LogP contribution in [0.1, 0.15) is 13.8 Å². The third kappa shape index (κ3) is 9.84. The second-order valence-corrected chi connectivity index (χ2v) is 2.21. The molecule has 0 saturated carbocycles. The minimum Gasteiger partial charge on any atom is -0.329 e. The molecule has 0 unspecified atom stereocenters. The van der Waals surface area contributed by atoms with Crippen molar-refractivity contribution in [3.05, 3.63) is 0 Å². The smallest absolute Gasteiger partial charge is 0.0106 e. The average Bonchev–Trinajstić information content (AvgIpc) is 2.10. The van der Waals surface area contributed by atoms with Crippen LogP contribution in [0.3, 0.4) is 0 Å². The Bertz CT molecular complexity index is 53.8. The van der Waals surface area contributed by atoms with Gasteiger partial charge < -0.3 is 17.2 Å². The van der Waals surface area contributed by atoms with Gasteiger partial charge in [0.25, 0.3) is 0 Å². The van der Waals surface area contributed by atoms with Crippen LogP contribution >= 0.6 is 0 Å². The molecule has 0 aromatic heterocycles. The average molecular weight is 176 g/mol. The second kappa shape index (κ2) is 13.4. The van der Waals surface area contributed by atoms with Gasteiger partial charge in [0.05, 0.1) is 0 Å². The Hall–Kier alpha value is -0.160. The highest BCUT2D eigenvalue weighted by Crippen LogP contribution is 1.81. The lowest BCUT2D eigenvalue weighted by molar-refractivity contribution is 0.297. The third-order valence-electron chi connectivity index (χ3n) is 1.34. The Kier molecular flexibility index (Phi) is 16.1. The van der Waals surface area contributed by atoms with Crippen LogP contribution in [0.25, 0.3) is 0 Å². The Morgan fingerprint density at radius 1 is 0.750 bits per heavy atom. The summed E-state index contributed by atoms with van der Waals surface area (Å²) in [7, 11) is 0. The van der Waals surface area contributed by atoms with E-state index in [9.17, 15) is 0 Å². The predicted octanol–water partition coefficient (Wildman–Crippen LogP) is -0.809. The number of hydrogen-bond donors (Lipinski definition) is 3. The highest BCUT2D eigenvalue weighted by atomic mass is 15.1. The van der Waals surface area contributed by atoms with E-state index in [1.54, 1.807) is 0 Å². The summed E-state index contributed by atoms with van der Waals surface area (Å²) in [5, 5.41) is 0. The molecule has 6 N–H and O–H groups in total. The normalized spacial score (nSPS) is 9.50. The molecule has 0 heterocycles.